The third-order valence-corrected chi connectivity index (χ3v) is 6.33. The maximum absolute atomic E-state index is 12.8. The Morgan fingerprint density at radius 3 is 2.55 bits per heavy atom. The number of carbonyl (C=O) groups excluding carboxylic acids is 1. The Kier molecular flexibility index (Phi) is 4.47. The number of rotatable bonds is 3. The number of aromatic nitrogens is 1. The number of amides is 1. The topological polar surface area (TPSA) is 62.7 Å². The molecule has 2 saturated heterocycles. The molecule has 0 spiro atoms. The van der Waals surface area contributed by atoms with Crippen LogP contribution < -0.4 is 0 Å². The molecule has 5 rings (SSSR count). The number of hydrogen-bond donors (Lipinski definition) is 1. The minimum Gasteiger partial charge on any atom is -0.445 e. The molecule has 0 aliphatic carbocycles. The predicted octanol–water partition coefficient (Wildman–Crippen LogP) is 4.39. The van der Waals surface area contributed by atoms with Gasteiger partial charge in [0.15, 0.2) is 0 Å². The SMILES string of the molecule is O=C(OCc1ccccc1)N1C2CCC1CC(O)(c1cccc3ncccc13)C2. The average molecular weight is 388 g/mol. The van der Waals surface area contributed by atoms with Crippen molar-refractivity contribution in [1.29, 1.82) is 0 Å². The summed E-state index contributed by atoms with van der Waals surface area (Å²) in [5, 5.41) is 12.6. The zero-order chi connectivity index (χ0) is 19.8. The maximum Gasteiger partial charge on any atom is 0.410 e. The molecule has 29 heavy (non-hydrogen) atoms. The molecule has 2 fully saturated rings. The molecular formula is C24H24N2O3. The van der Waals surface area contributed by atoms with Crippen molar-refractivity contribution in [3.63, 3.8) is 0 Å². The highest BCUT2D eigenvalue weighted by atomic mass is 16.6. The van der Waals surface area contributed by atoms with Crippen LogP contribution in [0.3, 0.4) is 0 Å². The molecule has 2 bridgehead atoms. The number of hydrogen-bond acceptors (Lipinski definition) is 4. The van der Waals surface area contributed by atoms with Crippen LogP contribution >= 0.6 is 0 Å². The summed E-state index contributed by atoms with van der Waals surface area (Å²) in [6, 6.07) is 19.5. The van der Waals surface area contributed by atoms with Crippen molar-refractivity contribution in [3.05, 3.63) is 78.0 Å². The minimum absolute atomic E-state index is 0.00560. The Bertz CT molecular complexity index is 1020. The van der Waals surface area contributed by atoms with Crippen molar-refractivity contribution < 1.29 is 14.6 Å². The van der Waals surface area contributed by atoms with E-state index in [1.807, 2.05) is 65.6 Å². The summed E-state index contributed by atoms with van der Waals surface area (Å²) in [7, 11) is 0. The standard InChI is InChI=1S/C24H24N2O3/c27-23(29-16-17-6-2-1-3-7-17)26-18-11-12-19(26)15-24(28,14-18)21-9-4-10-22-20(21)8-5-13-25-22/h1-10,13,18-19,28H,11-12,14-16H2. The third-order valence-electron chi connectivity index (χ3n) is 6.33. The van der Waals surface area contributed by atoms with Gasteiger partial charge in [-0.15, -0.1) is 0 Å². The summed E-state index contributed by atoms with van der Waals surface area (Å²) in [5.41, 5.74) is 1.82. The van der Waals surface area contributed by atoms with Crippen LogP contribution in [-0.2, 0) is 16.9 Å². The highest BCUT2D eigenvalue weighted by Gasteiger charge is 2.51. The Morgan fingerprint density at radius 2 is 1.79 bits per heavy atom. The van der Waals surface area contributed by atoms with Gasteiger partial charge in [-0.25, -0.2) is 4.79 Å². The van der Waals surface area contributed by atoms with E-state index >= 15 is 0 Å². The van der Waals surface area contributed by atoms with E-state index in [1.165, 1.54) is 0 Å². The highest BCUT2D eigenvalue weighted by molar-refractivity contribution is 5.83. The fourth-order valence-electron chi connectivity index (χ4n) is 5.05. The number of pyridine rings is 1. The first-order chi connectivity index (χ1) is 14.1. The van der Waals surface area contributed by atoms with Gasteiger partial charge >= 0.3 is 6.09 Å². The smallest absolute Gasteiger partial charge is 0.410 e. The molecular weight excluding hydrogens is 364 g/mol. The number of ether oxygens (including phenoxy) is 1. The normalized spacial score (nSPS) is 25.9. The van der Waals surface area contributed by atoms with Gasteiger partial charge in [0.2, 0.25) is 0 Å². The quantitative estimate of drug-likeness (QED) is 0.723. The summed E-state index contributed by atoms with van der Waals surface area (Å²) < 4.78 is 5.59. The van der Waals surface area contributed by atoms with E-state index in [4.69, 9.17) is 4.74 Å². The van der Waals surface area contributed by atoms with Crippen LogP contribution in [0, 0.1) is 0 Å². The average Bonchev–Trinajstić information content (AvgIpc) is 3.04. The van der Waals surface area contributed by atoms with Crippen LogP contribution in [0.5, 0.6) is 0 Å². The first-order valence-electron chi connectivity index (χ1n) is 10.2. The lowest BCUT2D eigenvalue weighted by atomic mass is 9.79. The monoisotopic (exact) mass is 388 g/mol. The van der Waals surface area contributed by atoms with E-state index in [9.17, 15) is 9.90 Å². The molecule has 1 amide bonds. The Hall–Kier alpha value is -2.92. The molecule has 5 heteroatoms. The summed E-state index contributed by atoms with van der Waals surface area (Å²) in [4.78, 5) is 19.1. The first-order valence-corrected chi connectivity index (χ1v) is 10.2. The molecule has 1 N–H and O–H groups in total. The van der Waals surface area contributed by atoms with Crippen molar-refractivity contribution in [3.8, 4) is 0 Å². The second kappa shape index (κ2) is 7.16. The molecule has 2 aliphatic heterocycles. The number of aliphatic hydroxyl groups is 1. The third kappa shape index (κ3) is 3.25. The van der Waals surface area contributed by atoms with E-state index in [1.54, 1.807) is 6.20 Å². The van der Waals surface area contributed by atoms with Gasteiger partial charge in [0.05, 0.1) is 11.1 Å². The van der Waals surface area contributed by atoms with Gasteiger partial charge in [0, 0.05) is 36.5 Å². The van der Waals surface area contributed by atoms with Crippen molar-refractivity contribution >= 4 is 17.0 Å². The van der Waals surface area contributed by atoms with Crippen LogP contribution in [0.1, 0.15) is 36.8 Å². The van der Waals surface area contributed by atoms with Crippen LogP contribution in [0.15, 0.2) is 66.9 Å². The molecule has 2 atom stereocenters. The van der Waals surface area contributed by atoms with Crippen LogP contribution in [0.2, 0.25) is 0 Å². The minimum atomic E-state index is -0.954. The van der Waals surface area contributed by atoms with E-state index in [-0.39, 0.29) is 24.8 Å². The molecule has 2 aromatic carbocycles. The fourth-order valence-corrected chi connectivity index (χ4v) is 5.05. The zero-order valence-electron chi connectivity index (χ0n) is 16.2. The number of piperidine rings is 1. The summed E-state index contributed by atoms with van der Waals surface area (Å²) >= 11 is 0. The molecule has 0 radical (unpaired) electrons. The lowest BCUT2D eigenvalue weighted by Gasteiger charge is -2.43. The second-order valence-corrected chi connectivity index (χ2v) is 8.15. The molecule has 2 aliphatic rings. The lowest BCUT2D eigenvalue weighted by Crippen LogP contribution is -2.52. The van der Waals surface area contributed by atoms with E-state index in [2.05, 4.69) is 4.98 Å². The van der Waals surface area contributed by atoms with E-state index < -0.39 is 5.60 Å². The molecule has 3 heterocycles. The Balaban J connectivity index is 1.36. The molecule has 5 nitrogen and oxygen atoms in total. The van der Waals surface area contributed by atoms with Crippen molar-refractivity contribution in [2.24, 2.45) is 0 Å². The predicted molar refractivity (Wildman–Crippen MR) is 110 cm³/mol. The van der Waals surface area contributed by atoms with Gasteiger partial charge in [-0.1, -0.05) is 48.5 Å². The van der Waals surface area contributed by atoms with Crippen LogP contribution in [-0.4, -0.2) is 33.2 Å². The Morgan fingerprint density at radius 1 is 1.03 bits per heavy atom. The largest absolute Gasteiger partial charge is 0.445 e. The highest BCUT2D eigenvalue weighted by Crippen LogP contribution is 2.47. The first kappa shape index (κ1) is 18.1. The Labute approximate surface area is 169 Å². The maximum atomic E-state index is 12.8. The molecule has 1 aromatic heterocycles. The van der Waals surface area contributed by atoms with Gasteiger partial charge in [-0.05, 0) is 36.1 Å². The van der Waals surface area contributed by atoms with Gasteiger partial charge in [-0.3, -0.25) is 4.98 Å². The molecule has 2 unspecified atom stereocenters. The zero-order valence-corrected chi connectivity index (χ0v) is 16.2. The van der Waals surface area contributed by atoms with Gasteiger partial charge in [0.25, 0.3) is 0 Å². The van der Waals surface area contributed by atoms with E-state index in [0.29, 0.717) is 12.8 Å². The van der Waals surface area contributed by atoms with Crippen molar-refractivity contribution in [2.75, 3.05) is 0 Å². The summed E-state index contributed by atoms with van der Waals surface area (Å²) in [5.74, 6) is 0. The number of nitrogens with zero attached hydrogens (tertiary/aromatic N) is 2. The van der Waals surface area contributed by atoms with Gasteiger partial charge in [0.1, 0.15) is 6.61 Å². The summed E-state index contributed by atoms with van der Waals surface area (Å²) in [6.07, 6.45) is 4.34. The van der Waals surface area contributed by atoms with E-state index in [0.717, 1.165) is 34.9 Å². The molecule has 0 saturated carbocycles. The molecule has 3 aromatic rings. The number of fused-ring (bicyclic) bond motifs is 3. The summed E-state index contributed by atoms with van der Waals surface area (Å²) in [6.45, 7) is 0.273. The fraction of sp³-hybridized carbons (Fsp3) is 0.333. The number of carbonyl (C=O) groups is 1. The van der Waals surface area contributed by atoms with Gasteiger partial charge < -0.3 is 14.7 Å². The molecule has 148 valence electrons. The van der Waals surface area contributed by atoms with Crippen LogP contribution in [0.25, 0.3) is 10.9 Å². The lowest BCUT2D eigenvalue weighted by molar-refractivity contribution is -0.0527. The van der Waals surface area contributed by atoms with Gasteiger partial charge in [-0.2, -0.15) is 0 Å². The van der Waals surface area contributed by atoms with Crippen molar-refractivity contribution in [2.45, 2.75) is 50.0 Å². The number of benzene rings is 2. The van der Waals surface area contributed by atoms with Crippen LogP contribution in [0.4, 0.5) is 4.79 Å². The second-order valence-electron chi connectivity index (χ2n) is 8.15. The van der Waals surface area contributed by atoms with Crippen molar-refractivity contribution in [1.82, 2.24) is 9.88 Å².